The third kappa shape index (κ3) is 3.07. The molecule has 0 bridgehead atoms. The molecule has 1 aromatic carbocycles. The van der Waals surface area contributed by atoms with Gasteiger partial charge in [0.2, 0.25) is 5.91 Å². The van der Waals surface area contributed by atoms with Crippen LogP contribution < -0.4 is 11.1 Å². The fraction of sp³-hybridized carbons (Fsp3) is 0.500. The lowest BCUT2D eigenvalue weighted by Gasteiger charge is -2.10. The minimum Gasteiger partial charge on any atom is -0.356 e. The Balaban J connectivity index is 1.95. The lowest BCUT2D eigenvalue weighted by molar-refractivity contribution is -0.120. The maximum atomic E-state index is 11.4. The van der Waals surface area contributed by atoms with E-state index < -0.39 is 0 Å². The van der Waals surface area contributed by atoms with Gasteiger partial charge in [0.05, 0.1) is 0 Å². The minimum absolute atomic E-state index is 0.0817. The summed E-state index contributed by atoms with van der Waals surface area (Å²) in [6.07, 6.45) is 3.49. The van der Waals surface area contributed by atoms with Crippen LogP contribution in [0.1, 0.15) is 37.3 Å². The monoisotopic (exact) mass is 232 g/mol. The Kier molecular flexibility index (Phi) is 3.48. The number of hydrogen-bond acceptors (Lipinski definition) is 2. The summed E-state index contributed by atoms with van der Waals surface area (Å²) in [5.41, 5.74) is 8.49. The van der Waals surface area contributed by atoms with Crippen LogP contribution in [0.5, 0.6) is 0 Å². The summed E-state index contributed by atoms with van der Waals surface area (Å²) < 4.78 is 0. The number of rotatable bonds is 5. The molecule has 0 aromatic heterocycles. The zero-order valence-corrected chi connectivity index (χ0v) is 10.3. The molecule has 1 aromatic rings. The van der Waals surface area contributed by atoms with E-state index >= 15 is 0 Å². The van der Waals surface area contributed by atoms with Crippen LogP contribution in [0.25, 0.3) is 0 Å². The summed E-state index contributed by atoms with van der Waals surface area (Å²) >= 11 is 0. The molecule has 17 heavy (non-hydrogen) atoms. The normalized spacial score (nSPS) is 16.6. The standard InChI is InChI=1S/C14H20N2O/c1-2-16-13(17)7-6-11-4-3-5-12(10-11)14(15)8-9-14/h3-5,10H,2,6-9,15H2,1H3,(H,16,17). The lowest BCUT2D eigenvalue weighted by atomic mass is 10.0. The number of hydrogen-bond donors (Lipinski definition) is 2. The van der Waals surface area contributed by atoms with Gasteiger partial charge in [-0.2, -0.15) is 0 Å². The van der Waals surface area contributed by atoms with Crippen LogP contribution in [0, 0.1) is 0 Å². The summed E-state index contributed by atoms with van der Waals surface area (Å²) in [5.74, 6) is 0.117. The number of nitrogens with two attached hydrogens (primary N) is 1. The van der Waals surface area contributed by atoms with Crippen molar-refractivity contribution >= 4 is 5.91 Å². The van der Waals surface area contributed by atoms with Gasteiger partial charge in [0.25, 0.3) is 0 Å². The Morgan fingerprint density at radius 3 is 2.88 bits per heavy atom. The first kappa shape index (κ1) is 12.1. The number of carbonyl (C=O) groups is 1. The molecule has 1 saturated carbocycles. The van der Waals surface area contributed by atoms with Crippen LogP contribution in [0.15, 0.2) is 24.3 Å². The molecule has 1 fully saturated rings. The molecule has 1 aliphatic carbocycles. The average Bonchev–Trinajstić information content (AvgIpc) is 3.07. The van der Waals surface area contributed by atoms with E-state index in [1.54, 1.807) is 0 Å². The molecule has 0 saturated heterocycles. The van der Waals surface area contributed by atoms with E-state index in [0.29, 0.717) is 13.0 Å². The van der Waals surface area contributed by atoms with Crippen LogP contribution in [-0.2, 0) is 16.8 Å². The summed E-state index contributed by atoms with van der Waals surface area (Å²) in [6, 6.07) is 8.33. The van der Waals surface area contributed by atoms with Gasteiger partial charge in [-0.15, -0.1) is 0 Å². The molecule has 0 radical (unpaired) electrons. The van der Waals surface area contributed by atoms with Gasteiger partial charge in [-0.05, 0) is 37.3 Å². The molecular weight excluding hydrogens is 212 g/mol. The van der Waals surface area contributed by atoms with Gasteiger partial charge in [0, 0.05) is 18.5 Å². The van der Waals surface area contributed by atoms with Crippen molar-refractivity contribution in [3.8, 4) is 0 Å². The Bertz CT molecular complexity index is 410. The van der Waals surface area contributed by atoms with Crippen molar-refractivity contribution in [1.29, 1.82) is 0 Å². The van der Waals surface area contributed by atoms with Crippen LogP contribution in [-0.4, -0.2) is 12.5 Å². The van der Waals surface area contributed by atoms with Gasteiger partial charge in [-0.25, -0.2) is 0 Å². The summed E-state index contributed by atoms with van der Waals surface area (Å²) in [6.45, 7) is 2.63. The van der Waals surface area contributed by atoms with Crippen LogP contribution in [0.3, 0.4) is 0 Å². The summed E-state index contributed by atoms with van der Waals surface area (Å²) in [5, 5.41) is 2.81. The molecule has 3 nitrogen and oxygen atoms in total. The highest BCUT2D eigenvalue weighted by Crippen LogP contribution is 2.42. The van der Waals surface area contributed by atoms with Gasteiger partial charge < -0.3 is 11.1 Å². The molecule has 1 amide bonds. The summed E-state index contributed by atoms with van der Waals surface area (Å²) in [7, 11) is 0. The number of benzene rings is 1. The van der Waals surface area contributed by atoms with E-state index in [4.69, 9.17) is 5.73 Å². The molecule has 0 heterocycles. The highest BCUT2D eigenvalue weighted by Gasteiger charge is 2.39. The van der Waals surface area contributed by atoms with Gasteiger partial charge in [-0.1, -0.05) is 24.3 Å². The second-order valence-electron chi connectivity index (χ2n) is 4.81. The second kappa shape index (κ2) is 4.88. The van der Waals surface area contributed by atoms with Crippen molar-refractivity contribution in [3.05, 3.63) is 35.4 Å². The Hall–Kier alpha value is -1.35. The van der Waals surface area contributed by atoms with Crippen molar-refractivity contribution in [2.45, 2.75) is 38.1 Å². The fourth-order valence-corrected chi connectivity index (χ4v) is 2.00. The number of carbonyl (C=O) groups excluding carboxylic acids is 1. The molecular formula is C14H20N2O. The first-order valence-corrected chi connectivity index (χ1v) is 6.29. The number of nitrogens with one attached hydrogen (secondary N) is 1. The maximum Gasteiger partial charge on any atom is 0.220 e. The number of amides is 1. The Morgan fingerprint density at radius 1 is 1.47 bits per heavy atom. The van der Waals surface area contributed by atoms with E-state index in [1.807, 2.05) is 13.0 Å². The molecule has 0 unspecified atom stereocenters. The molecule has 3 N–H and O–H groups in total. The van der Waals surface area contributed by atoms with Gasteiger partial charge in [0.15, 0.2) is 0 Å². The van der Waals surface area contributed by atoms with Crippen molar-refractivity contribution in [1.82, 2.24) is 5.32 Å². The van der Waals surface area contributed by atoms with Gasteiger partial charge in [0.1, 0.15) is 0 Å². The van der Waals surface area contributed by atoms with E-state index in [0.717, 1.165) is 19.3 Å². The molecule has 92 valence electrons. The van der Waals surface area contributed by atoms with Gasteiger partial charge in [-0.3, -0.25) is 4.79 Å². The van der Waals surface area contributed by atoms with Crippen molar-refractivity contribution < 1.29 is 4.79 Å². The topological polar surface area (TPSA) is 55.1 Å². The first-order chi connectivity index (χ1) is 8.14. The number of aryl methyl sites for hydroxylation is 1. The second-order valence-corrected chi connectivity index (χ2v) is 4.81. The van der Waals surface area contributed by atoms with Crippen LogP contribution >= 0.6 is 0 Å². The highest BCUT2D eigenvalue weighted by atomic mass is 16.1. The van der Waals surface area contributed by atoms with E-state index in [2.05, 4.69) is 23.5 Å². The third-order valence-corrected chi connectivity index (χ3v) is 3.31. The fourth-order valence-electron chi connectivity index (χ4n) is 2.00. The highest BCUT2D eigenvalue weighted by molar-refractivity contribution is 5.76. The predicted octanol–water partition coefficient (Wildman–Crippen LogP) is 1.70. The SMILES string of the molecule is CCNC(=O)CCc1cccc(C2(N)CC2)c1. The molecule has 0 spiro atoms. The molecule has 0 atom stereocenters. The van der Waals surface area contributed by atoms with Crippen molar-refractivity contribution in [2.75, 3.05) is 6.54 Å². The Morgan fingerprint density at radius 2 is 2.24 bits per heavy atom. The van der Waals surface area contributed by atoms with Crippen LogP contribution in [0.4, 0.5) is 0 Å². The quantitative estimate of drug-likeness (QED) is 0.812. The zero-order valence-electron chi connectivity index (χ0n) is 10.3. The Labute approximate surface area is 102 Å². The smallest absolute Gasteiger partial charge is 0.220 e. The predicted molar refractivity (Wildman–Crippen MR) is 68.5 cm³/mol. The van der Waals surface area contributed by atoms with E-state index in [1.165, 1.54) is 11.1 Å². The maximum absolute atomic E-state index is 11.4. The van der Waals surface area contributed by atoms with Gasteiger partial charge >= 0.3 is 0 Å². The zero-order chi connectivity index (χ0) is 12.3. The van der Waals surface area contributed by atoms with Crippen LogP contribution in [0.2, 0.25) is 0 Å². The largest absolute Gasteiger partial charge is 0.356 e. The molecule has 2 rings (SSSR count). The third-order valence-electron chi connectivity index (χ3n) is 3.31. The van der Waals surface area contributed by atoms with E-state index in [9.17, 15) is 4.79 Å². The molecule has 0 aliphatic heterocycles. The van der Waals surface area contributed by atoms with Crippen molar-refractivity contribution in [2.24, 2.45) is 5.73 Å². The average molecular weight is 232 g/mol. The van der Waals surface area contributed by atoms with E-state index in [-0.39, 0.29) is 11.4 Å². The molecule has 3 heteroatoms. The first-order valence-electron chi connectivity index (χ1n) is 6.29. The van der Waals surface area contributed by atoms with Crippen molar-refractivity contribution in [3.63, 3.8) is 0 Å². The summed E-state index contributed by atoms with van der Waals surface area (Å²) in [4.78, 5) is 11.4. The minimum atomic E-state index is -0.0817. The molecule has 1 aliphatic rings. The lowest BCUT2D eigenvalue weighted by Crippen LogP contribution is -2.23.